The number of ether oxygens (including phenoxy) is 1. The summed E-state index contributed by atoms with van der Waals surface area (Å²) in [5.74, 6) is 2.02. The first kappa shape index (κ1) is 11.4. The summed E-state index contributed by atoms with van der Waals surface area (Å²) in [5.41, 5.74) is 7.42. The number of rotatable bonds is 2. The minimum Gasteiger partial charge on any atom is -0.495 e. The van der Waals surface area contributed by atoms with Crippen molar-refractivity contribution < 1.29 is 4.74 Å². The summed E-state index contributed by atoms with van der Waals surface area (Å²) in [6.07, 6.45) is 7.18. The summed E-state index contributed by atoms with van der Waals surface area (Å²) in [6.45, 7) is 2.30. The molecule has 1 aromatic heterocycles. The van der Waals surface area contributed by atoms with Gasteiger partial charge in [0.1, 0.15) is 5.75 Å². The van der Waals surface area contributed by atoms with Crippen molar-refractivity contribution in [1.29, 1.82) is 0 Å². The Morgan fingerprint density at radius 2 is 2.19 bits per heavy atom. The van der Waals surface area contributed by atoms with Crippen LogP contribution in [0, 0.1) is 5.92 Å². The van der Waals surface area contributed by atoms with E-state index >= 15 is 0 Å². The Kier molecular flexibility index (Phi) is 3.44. The third-order valence-corrected chi connectivity index (χ3v) is 3.56. The van der Waals surface area contributed by atoms with Crippen LogP contribution in [0.5, 0.6) is 5.75 Å². The van der Waals surface area contributed by atoms with Crippen molar-refractivity contribution in [3.05, 3.63) is 24.0 Å². The molecule has 3 unspecified atom stereocenters. The minimum atomic E-state index is 0.269. The zero-order valence-corrected chi connectivity index (χ0v) is 10.0. The molecule has 0 saturated heterocycles. The Morgan fingerprint density at radius 1 is 1.38 bits per heavy atom. The lowest BCUT2D eigenvalue weighted by atomic mass is 9.76. The zero-order chi connectivity index (χ0) is 11.5. The highest BCUT2D eigenvalue weighted by atomic mass is 16.5. The number of hydrogen-bond donors (Lipinski definition) is 1. The van der Waals surface area contributed by atoms with Crippen molar-refractivity contribution in [3.63, 3.8) is 0 Å². The van der Waals surface area contributed by atoms with E-state index < -0.39 is 0 Å². The van der Waals surface area contributed by atoms with E-state index in [1.807, 2.05) is 6.20 Å². The number of nitrogens with two attached hydrogens (primary N) is 1. The second-order valence-corrected chi connectivity index (χ2v) is 4.85. The Bertz CT molecular complexity index is 354. The van der Waals surface area contributed by atoms with E-state index in [0.29, 0.717) is 5.92 Å². The summed E-state index contributed by atoms with van der Waals surface area (Å²) in [4.78, 5) is 4.21. The lowest BCUT2D eigenvalue weighted by Gasteiger charge is -2.32. The van der Waals surface area contributed by atoms with Crippen LogP contribution in [0.2, 0.25) is 0 Å². The van der Waals surface area contributed by atoms with Crippen molar-refractivity contribution >= 4 is 0 Å². The largest absolute Gasteiger partial charge is 0.495 e. The molecule has 0 radical (unpaired) electrons. The standard InChI is InChI=1S/C13H20N2O/c1-9-3-4-13(14)12(5-9)10-6-11(16-2)8-15-7-10/h6-9,12-13H,3-5,14H2,1-2H3. The highest BCUT2D eigenvalue weighted by Gasteiger charge is 2.27. The van der Waals surface area contributed by atoms with Gasteiger partial charge in [-0.3, -0.25) is 4.98 Å². The van der Waals surface area contributed by atoms with Gasteiger partial charge in [0.05, 0.1) is 13.3 Å². The molecule has 1 aliphatic rings. The van der Waals surface area contributed by atoms with E-state index in [1.165, 1.54) is 12.0 Å². The van der Waals surface area contributed by atoms with Gasteiger partial charge in [-0.1, -0.05) is 6.92 Å². The summed E-state index contributed by atoms with van der Waals surface area (Å²) in [6, 6.07) is 2.33. The van der Waals surface area contributed by atoms with Crippen LogP contribution in [-0.2, 0) is 0 Å². The minimum absolute atomic E-state index is 0.269. The van der Waals surface area contributed by atoms with Crippen LogP contribution >= 0.6 is 0 Å². The summed E-state index contributed by atoms with van der Waals surface area (Å²) in [5, 5.41) is 0. The van der Waals surface area contributed by atoms with Crippen molar-refractivity contribution in [3.8, 4) is 5.75 Å². The lowest BCUT2D eigenvalue weighted by molar-refractivity contribution is 0.305. The quantitative estimate of drug-likeness (QED) is 0.832. The van der Waals surface area contributed by atoms with E-state index in [4.69, 9.17) is 10.5 Å². The monoisotopic (exact) mass is 220 g/mol. The molecule has 88 valence electrons. The van der Waals surface area contributed by atoms with Gasteiger partial charge in [0.2, 0.25) is 0 Å². The highest BCUT2D eigenvalue weighted by Crippen LogP contribution is 2.35. The zero-order valence-electron chi connectivity index (χ0n) is 10.0. The smallest absolute Gasteiger partial charge is 0.137 e. The van der Waals surface area contributed by atoms with Gasteiger partial charge < -0.3 is 10.5 Å². The molecule has 1 aromatic rings. The van der Waals surface area contributed by atoms with Gasteiger partial charge in [-0.05, 0) is 36.8 Å². The average Bonchev–Trinajstić information content (AvgIpc) is 2.32. The van der Waals surface area contributed by atoms with Gasteiger partial charge in [-0.25, -0.2) is 0 Å². The molecule has 0 spiro atoms. The molecule has 0 aliphatic heterocycles. The SMILES string of the molecule is COc1cncc(C2CC(C)CCC2N)c1. The molecule has 3 heteroatoms. The molecule has 2 N–H and O–H groups in total. The van der Waals surface area contributed by atoms with Gasteiger partial charge in [0.25, 0.3) is 0 Å². The number of pyridine rings is 1. The van der Waals surface area contributed by atoms with Crippen LogP contribution in [0.1, 0.15) is 37.7 Å². The topological polar surface area (TPSA) is 48.1 Å². The molecule has 0 bridgehead atoms. The van der Waals surface area contributed by atoms with E-state index in [9.17, 15) is 0 Å². The fourth-order valence-corrected chi connectivity index (χ4v) is 2.54. The van der Waals surface area contributed by atoms with Crippen molar-refractivity contribution in [2.24, 2.45) is 11.7 Å². The van der Waals surface area contributed by atoms with E-state index in [-0.39, 0.29) is 6.04 Å². The molecule has 0 amide bonds. The Balaban J connectivity index is 2.20. The number of methoxy groups -OCH3 is 1. The molecule has 3 nitrogen and oxygen atoms in total. The third kappa shape index (κ3) is 2.35. The molecule has 1 heterocycles. The van der Waals surface area contributed by atoms with Crippen LogP contribution in [0.3, 0.4) is 0 Å². The molecule has 1 saturated carbocycles. The maximum absolute atomic E-state index is 6.20. The highest BCUT2D eigenvalue weighted by molar-refractivity contribution is 5.27. The van der Waals surface area contributed by atoms with Crippen molar-refractivity contribution in [2.45, 2.75) is 38.1 Å². The third-order valence-electron chi connectivity index (χ3n) is 3.56. The summed E-state index contributed by atoms with van der Waals surface area (Å²) < 4.78 is 5.20. The molecule has 3 atom stereocenters. The second kappa shape index (κ2) is 4.83. The Morgan fingerprint density at radius 3 is 2.94 bits per heavy atom. The molecule has 1 aliphatic carbocycles. The number of hydrogen-bond acceptors (Lipinski definition) is 3. The maximum Gasteiger partial charge on any atom is 0.137 e. The molecule has 2 rings (SSSR count). The van der Waals surface area contributed by atoms with Gasteiger partial charge >= 0.3 is 0 Å². The van der Waals surface area contributed by atoms with Gasteiger partial charge in [-0.15, -0.1) is 0 Å². The van der Waals surface area contributed by atoms with E-state index in [0.717, 1.165) is 24.5 Å². The number of aromatic nitrogens is 1. The average molecular weight is 220 g/mol. The first-order chi connectivity index (χ1) is 7.70. The van der Waals surface area contributed by atoms with Crippen molar-refractivity contribution in [2.75, 3.05) is 7.11 Å². The Labute approximate surface area is 97.0 Å². The molecule has 0 aromatic carbocycles. The van der Waals surface area contributed by atoms with Gasteiger partial charge in [-0.2, -0.15) is 0 Å². The maximum atomic E-state index is 6.20. The molecule has 1 fully saturated rings. The van der Waals surface area contributed by atoms with Crippen LogP contribution in [-0.4, -0.2) is 18.1 Å². The van der Waals surface area contributed by atoms with Gasteiger partial charge in [0, 0.05) is 18.2 Å². The predicted octanol–water partition coefficient (Wildman–Crippen LogP) is 2.32. The van der Waals surface area contributed by atoms with Gasteiger partial charge in [0.15, 0.2) is 0 Å². The van der Waals surface area contributed by atoms with Crippen LogP contribution < -0.4 is 10.5 Å². The first-order valence-electron chi connectivity index (χ1n) is 5.95. The number of nitrogens with zero attached hydrogens (tertiary/aromatic N) is 1. The first-order valence-corrected chi connectivity index (χ1v) is 5.95. The van der Waals surface area contributed by atoms with Crippen LogP contribution in [0.25, 0.3) is 0 Å². The summed E-state index contributed by atoms with van der Waals surface area (Å²) in [7, 11) is 1.67. The van der Waals surface area contributed by atoms with Crippen LogP contribution in [0.4, 0.5) is 0 Å². The fraction of sp³-hybridized carbons (Fsp3) is 0.615. The second-order valence-electron chi connectivity index (χ2n) is 4.85. The lowest BCUT2D eigenvalue weighted by Crippen LogP contribution is -2.34. The molecule has 16 heavy (non-hydrogen) atoms. The fourth-order valence-electron chi connectivity index (χ4n) is 2.54. The van der Waals surface area contributed by atoms with E-state index in [1.54, 1.807) is 13.3 Å². The Hall–Kier alpha value is -1.09. The predicted molar refractivity (Wildman–Crippen MR) is 64.5 cm³/mol. The van der Waals surface area contributed by atoms with Crippen molar-refractivity contribution in [1.82, 2.24) is 4.98 Å². The van der Waals surface area contributed by atoms with E-state index in [2.05, 4.69) is 18.0 Å². The summed E-state index contributed by atoms with van der Waals surface area (Å²) >= 11 is 0. The molecular weight excluding hydrogens is 200 g/mol. The normalized spacial score (nSPS) is 30.1. The van der Waals surface area contributed by atoms with Crippen LogP contribution in [0.15, 0.2) is 18.5 Å². The molecular formula is C13H20N2O.